The van der Waals surface area contributed by atoms with E-state index in [0.29, 0.717) is 6.42 Å². The van der Waals surface area contributed by atoms with Crippen LogP contribution in [0.2, 0.25) is 0 Å². The van der Waals surface area contributed by atoms with Gasteiger partial charge in [0.15, 0.2) is 0 Å². The first-order valence-corrected chi connectivity index (χ1v) is 5.80. The molecule has 1 heterocycles. The molecule has 4 nitrogen and oxygen atoms in total. The van der Waals surface area contributed by atoms with E-state index < -0.39 is 12.8 Å². The van der Waals surface area contributed by atoms with Gasteiger partial charge in [-0.2, -0.15) is 13.2 Å². The van der Waals surface area contributed by atoms with Crippen molar-refractivity contribution in [3.63, 3.8) is 0 Å². The highest BCUT2D eigenvalue weighted by Crippen LogP contribution is 2.15. The zero-order chi connectivity index (χ0) is 12.9. The number of aromatic nitrogens is 1. The first-order valence-electron chi connectivity index (χ1n) is 4.92. The van der Waals surface area contributed by atoms with Gasteiger partial charge in [0.1, 0.15) is 6.61 Å². The molecule has 0 saturated carbocycles. The lowest BCUT2D eigenvalue weighted by atomic mass is 10.2. The molecule has 0 aliphatic rings. The summed E-state index contributed by atoms with van der Waals surface area (Å²) in [4.78, 5) is 4.20. The molecule has 0 aromatic carbocycles. The number of ether oxygens (including phenoxy) is 1. The number of hydrazine groups is 1. The van der Waals surface area contributed by atoms with Crippen LogP contribution >= 0.6 is 11.3 Å². The van der Waals surface area contributed by atoms with Gasteiger partial charge < -0.3 is 4.74 Å². The van der Waals surface area contributed by atoms with Crippen LogP contribution < -0.4 is 11.3 Å². The maximum atomic E-state index is 11.9. The summed E-state index contributed by atoms with van der Waals surface area (Å²) < 4.78 is 40.1. The quantitative estimate of drug-likeness (QED) is 0.605. The first-order chi connectivity index (χ1) is 7.90. The fraction of sp³-hybridized carbons (Fsp3) is 0.667. The lowest BCUT2D eigenvalue weighted by Crippen LogP contribution is -2.41. The molecule has 0 aliphatic heterocycles. The van der Waals surface area contributed by atoms with Gasteiger partial charge in [0.2, 0.25) is 0 Å². The number of hydrogen-bond acceptors (Lipinski definition) is 5. The van der Waals surface area contributed by atoms with Gasteiger partial charge in [0.05, 0.1) is 17.3 Å². The third-order valence-electron chi connectivity index (χ3n) is 1.94. The Kier molecular flexibility index (Phi) is 5.31. The molecule has 0 radical (unpaired) electrons. The molecule has 1 aromatic heterocycles. The number of alkyl halides is 3. The maximum absolute atomic E-state index is 11.9. The second-order valence-electron chi connectivity index (χ2n) is 3.56. The molecule has 17 heavy (non-hydrogen) atoms. The monoisotopic (exact) mass is 269 g/mol. The van der Waals surface area contributed by atoms with Crippen molar-refractivity contribution in [3.8, 4) is 0 Å². The molecule has 8 heteroatoms. The Bertz CT molecular complexity index is 342. The zero-order valence-corrected chi connectivity index (χ0v) is 10.1. The van der Waals surface area contributed by atoms with Crippen LogP contribution in [0, 0.1) is 6.92 Å². The summed E-state index contributed by atoms with van der Waals surface area (Å²) in [6, 6.07) is -0.376. The van der Waals surface area contributed by atoms with Crippen molar-refractivity contribution in [2.45, 2.75) is 25.6 Å². The average molecular weight is 269 g/mol. The second kappa shape index (κ2) is 6.29. The molecule has 0 aliphatic carbocycles. The number of nitrogens with two attached hydrogens (primary N) is 1. The van der Waals surface area contributed by atoms with Crippen molar-refractivity contribution in [3.05, 3.63) is 16.1 Å². The van der Waals surface area contributed by atoms with Crippen molar-refractivity contribution in [1.29, 1.82) is 0 Å². The summed E-state index contributed by atoms with van der Waals surface area (Å²) in [6.07, 6.45) is -3.87. The summed E-state index contributed by atoms with van der Waals surface area (Å²) in [7, 11) is 0. The molecule has 3 N–H and O–H groups in total. The van der Waals surface area contributed by atoms with Crippen LogP contribution in [0.5, 0.6) is 0 Å². The molecular weight excluding hydrogens is 255 g/mol. The second-order valence-corrected chi connectivity index (χ2v) is 4.62. The molecule has 1 unspecified atom stereocenters. The van der Waals surface area contributed by atoms with Gasteiger partial charge in [-0.25, -0.2) is 4.98 Å². The minimum atomic E-state index is -4.31. The number of hydrogen-bond donors (Lipinski definition) is 2. The smallest absolute Gasteiger partial charge is 0.370 e. The summed E-state index contributed by atoms with van der Waals surface area (Å²) in [6.45, 7) is 0.493. The minimum Gasteiger partial charge on any atom is -0.370 e. The van der Waals surface area contributed by atoms with Crippen LogP contribution in [0.3, 0.4) is 0 Å². The fourth-order valence-corrected chi connectivity index (χ4v) is 1.86. The number of aryl methyl sites for hydroxylation is 1. The average Bonchev–Trinajstić information content (AvgIpc) is 2.60. The van der Waals surface area contributed by atoms with Crippen molar-refractivity contribution < 1.29 is 17.9 Å². The van der Waals surface area contributed by atoms with E-state index in [-0.39, 0.29) is 12.6 Å². The van der Waals surface area contributed by atoms with E-state index in [2.05, 4.69) is 15.1 Å². The number of halogens is 3. The summed E-state index contributed by atoms with van der Waals surface area (Å²) in [5, 5.41) is 2.76. The van der Waals surface area contributed by atoms with E-state index in [1.54, 1.807) is 0 Å². The van der Waals surface area contributed by atoms with E-state index in [9.17, 15) is 13.2 Å². The molecule has 1 atom stereocenters. The lowest BCUT2D eigenvalue weighted by molar-refractivity contribution is -0.175. The maximum Gasteiger partial charge on any atom is 0.411 e. The summed E-state index contributed by atoms with van der Waals surface area (Å²) >= 11 is 1.48. The van der Waals surface area contributed by atoms with E-state index in [0.717, 1.165) is 10.7 Å². The van der Waals surface area contributed by atoms with Gasteiger partial charge in [-0.3, -0.25) is 11.3 Å². The molecule has 0 spiro atoms. The highest BCUT2D eigenvalue weighted by Gasteiger charge is 2.27. The zero-order valence-electron chi connectivity index (χ0n) is 9.25. The highest BCUT2D eigenvalue weighted by atomic mass is 32.1. The Morgan fingerprint density at radius 3 is 2.76 bits per heavy atom. The standard InChI is InChI=1S/C9H14F3N3OS/c1-6-14-8(4-17-6)2-7(15-13)3-16-5-9(10,11)12/h4,7,15H,2-3,5,13H2,1H3. The molecule has 0 saturated heterocycles. The van der Waals surface area contributed by atoms with Gasteiger partial charge in [0, 0.05) is 17.8 Å². The first kappa shape index (κ1) is 14.4. The Labute approximate surface area is 101 Å². The molecule has 0 bridgehead atoms. The van der Waals surface area contributed by atoms with E-state index in [4.69, 9.17) is 5.84 Å². The van der Waals surface area contributed by atoms with Crippen LogP contribution in [0.25, 0.3) is 0 Å². The Morgan fingerprint density at radius 1 is 1.59 bits per heavy atom. The van der Waals surface area contributed by atoms with Gasteiger partial charge in [-0.15, -0.1) is 11.3 Å². The van der Waals surface area contributed by atoms with Crippen molar-refractivity contribution in [2.24, 2.45) is 5.84 Å². The molecule has 98 valence electrons. The van der Waals surface area contributed by atoms with Crippen LogP contribution in [0.1, 0.15) is 10.7 Å². The molecule has 0 fully saturated rings. The number of nitrogens with one attached hydrogen (secondary N) is 1. The highest BCUT2D eigenvalue weighted by molar-refractivity contribution is 7.09. The Hall–Kier alpha value is -0.700. The summed E-state index contributed by atoms with van der Waals surface area (Å²) in [5.41, 5.74) is 3.22. The molecule has 1 aromatic rings. The predicted molar refractivity (Wildman–Crippen MR) is 58.5 cm³/mol. The number of thiazole rings is 1. The van der Waals surface area contributed by atoms with Gasteiger partial charge in [-0.05, 0) is 6.92 Å². The van der Waals surface area contributed by atoms with Crippen molar-refractivity contribution in [1.82, 2.24) is 10.4 Å². The third kappa shape index (κ3) is 5.97. The van der Waals surface area contributed by atoms with Gasteiger partial charge in [-0.1, -0.05) is 0 Å². The van der Waals surface area contributed by atoms with Gasteiger partial charge in [0.25, 0.3) is 0 Å². The minimum absolute atomic E-state index is 0.105. The topological polar surface area (TPSA) is 60.2 Å². The Balaban J connectivity index is 2.34. The SMILES string of the molecule is Cc1nc(CC(COCC(F)(F)F)NN)cs1. The van der Waals surface area contributed by atoms with Crippen molar-refractivity contribution in [2.75, 3.05) is 13.2 Å². The van der Waals surface area contributed by atoms with Crippen LogP contribution in [0.15, 0.2) is 5.38 Å². The Morgan fingerprint density at radius 2 is 2.29 bits per heavy atom. The normalized spacial score (nSPS) is 13.9. The van der Waals surface area contributed by atoms with Crippen molar-refractivity contribution >= 4 is 11.3 Å². The van der Waals surface area contributed by atoms with E-state index in [1.165, 1.54) is 11.3 Å². The largest absolute Gasteiger partial charge is 0.411 e. The van der Waals surface area contributed by atoms with Gasteiger partial charge >= 0.3 is 6.18 Å². The van der Waals surface area contributed by atoms with Crippen LogP contribution in [-0.4, -0.2) is 30.4 Å². The molecule has 1 rings (SSSR count). The fourth-order valence-electron chi connectivity index (χ4n) is 1.24. The third-order valence-corrected chi connectivity index (χ3v) is 2.76. The van der Waals surface area contributed by atoms with Crippen LogP contribution in [0.4, 0.5) is 13.2 Å². The van der Waals surface area contributed by atoms with E-state index >= 15 is 0 Å². The van der Waals surface area contributed by atoms with Crippen LogP contribution in [-0.2, 0) is 11.2 Å². The summed E-state index contributed by atoms with van der Waals surface area (Å²) in [5.74, 6) is 5.24. The number of nitrogens with zero attached hydrogens (tertiary/aromatic N) is 1. The molecule has 0 amide bonds. The number of rotatable bonds is 6. The predicted octanol–water partition coefficient (Wildman–Crippen LogP) is 1.40. The molecular formula is C9H14F3N3OS. The lowest BCUT2D eigenvalue weighted by Gasteiger charge is -2.15. The van der Waals surface area contributed by atoms with E-state index in [1.807, 2.05) is 12.3 Å².